The van der Waals surface area contributed by atoms with Crippen molar-refractivity contribution in [2.45, 2.75) is 70.0 Å². The Hall–Kier alpha value is -1.58. The predicted molar refractivity (Wildman–Crippen MR) is 152 cm³/mol. The summed E-state index contributed by atoms with van der Waals surface area (Å²) in [4.78, 5) is 38.4. The molecule has 1 aromatic carbocycles. The van der Waals surface area contributed by atoms with Gasteiger partial charge in [-0.2, -0.15) is 0 Å². The molecule has 0 aliphatic rings. The summed E-state index contributed by atoms with van der Waals surface area (Å²) in [5.74, 6) is -0.410. The number of hydrogen-bond donors (Lipinski definition) is 2. The minimum absolute atomic E-state index is 0.00755. The molecule has 35 heavy (non-hydrogen) atoms. The molecule has 0 spiro atoms. The van der Waals surface area contributed by atoms with Crippen molar-refractivity contribution < 1.29 is 19.5 Å². The Morgan fingerprint density at radius 3 is 2.40 bits per heavy atom. The molecule has 1 rings (SSSR count). The maximum Gasteiger partial charge on any atom is 0.303 e. The fourth-order valence-electron chi connectivity index (χ4n) is 3.56. The summed E-state index contributed by atoms with van der Waals surface area (Å²) >= 11 is 8.57. The van der Waals surface area contributed by atoms with E-state index < -0.39 is 11.2 Å². The molecule has 0 radical (unpaired) electrons. The number of nitrogens with zero attached hydrogens (tertiary/aromatic N) is 1. The molecule has 9 heteroatoms. The quantitative estimate of drug-likeness (QED) is 0.202. The monoisotopic (exact) mass is 540 g/mol. The van der Waals surface area contributed by atoms with E-state index in [9.17, 15) is 14.4 Å². The molecule has 196 valence electrons. The first kappa shape index (κ1) is 31.4. The molecule has 1 aromatic rings. The summed E-state index contributed by atoms with van der Waals surface area (Å²) < 4.78 is 0.725. The highest BCUT2D eigenvalue weighted by molar-refractivity contribution is 8.47. The van der Waals surface area contributed by atoms with Crippen LogP contribution in [0.25, 0.3) is 0 Å². The number of nitrogens with one attached hydrogen (secondary N) is 1. The Bertz CT molecular complexity index is 790. The van der Waals surface area contributed by atoms with Crippen LogP contribution in [0.2, 0.25) is 0 Å². The molecule has 0 aliphatic carbocycles. The van der Waals surface area contributed by atoms with Crippen molar-refractivity contribution in [3.8, 4) is 0 Å². The van der Waals surface area contributed by atoms with E-state index in [-0.39, 0.29) is 24.2 Å². The van der Waals surface area contributed by atoms with Gasteiger partial charge in [-0.25, -0.2) is 0 Å². The van der Waals surface area contributed by atoms with Crippen LogP contribution in [-0.4, -0.2) is 63.0 Å². The molecule has 2 amide bonds. The molecule has 2 atom stereocenters. The van der Waals surface area contributed by atoms with E-state index in [1.807, 2.05) is 30.3 Å². The van der Waals surface area contributed by atoms with Crippen LogP contribution in [0, 0.1) is 5.92 Å². The SMILES string of the molecule is CCCCCCSC(=S)SC(CC(Cc1ccccc1)C(=O)N(C)C)C(=O)NCCCCC(=O)O. The first-order chi connectivity index (χ1) is 16.7. The molecule has 6 nitrogen and oxygen atoms in total. The van der Waals surface area contributed by atoms with Crippen molar-refractivity contribution >= 4 is 57.1 Å². The Kier molecular flexibility index (Phi) is 16.8. The van der Waals surface area contributed by atoms with Gasteiger partial charge in [0.15, 0.2) is 0 Å². The second-order valence-electron chi connectivity index (χ2n) is 8.76. The molecule has 0 aliphatic heterocycles. The number of aliphatic carboxylic acids is 1. The highest BCUT2D eigenvalue weighted by Gasteiger charge is 2.30. The van der Waals surface area contributed by atoms with E-state index in [1.165, 1.54) is 31.0 Å². The van der Waals surface area contributed by atoms with Gasteiger partial charge in [0.25, 0.3) is 0 Å². The molecule has 0 bridgehead atoms. The van der Waals surface area contributed by atoms with Crippen LogP contribution in [0.3, 0.4) is 0 Å². The standard InChI is InChI=1S/C26H40N2O4S3/c1-4-5-6-12-17-34-26(33)35-22(24(31)27-16-11-10-15-23(29)30)19-21(25(32)28(2)3)18-20-13-8-7-9-14-20/h7-9,13-14,21-22H,4-6,10-12,15-19H2,1-3H3,(H,27,31)(H,29,30). The van der Waals surface area contributed by atoms with E-state index in [2.05, 4.69) is 12.2 Å². The molecule has 0 saturated carbocycles. The van der Waals surface area contributed by atoms with Crippen molar-refractivity contribution in [1.82, 2.24) is 10.2 Å². The van der Waals surface area contributed by atoms with Gasteiger partial charge in [-0.3, -0.25) is 14.4 Å². The van der Waals surface area contributed by atoms with Crippen molar-refractivity contribution in [2.75, 3.05) is 26.4 Å². The lowest BCUT2D eigenvalue weighted by molar-refractivity contribution is -0.137. The number of unbranched alkanes of at least 4 members (excludes halogenated alkanes) is 4. The van der Waals surface area contributed by atoms with Crippen molar-refractivity contribution in [3.63, 3.8) is 0 Å². The number of amides is 2. The lowest BCUT2D eigenvalue weighted by Gasteiger charge is -2.25. The van der Waals surface area contributed by atoms with Crippen LogP contribution >= 0.6 is 35.7 Å². The van der Waals surface area contributed by atoms with Crippen LogP contribution in [0.4, 0.5) is 0 Å². The van der Waals surface area contributed by atoms with Crippen LogP contribution in [-0.2, 0) is 20.8 Å². The molecule has 0 heterocycles. The van der Waals surface area contributed by atoms with E-state index >= 15 is 0 Å². The van der Waals surface area contributed by atoms with Crippen LogP contribution in [0.5, 0.6) is 0 Å². The lowest BCUT2D eigenvalue weighted by atomic mass is 9.93. The maximum absolute atomic E-state index is 13.1. The Morgan fingerprint density at radius 2 is 1.77 bits per heavy atom. The number of carbonyl (C=O) groups excluding carboxylic acids is 2. The van der Waals surface area contributed by atoms with Crippen molar-refractivity contribution in [3.05, 3.63) is 35.9 Å². The van der Waals surface area contributed by atoms with Gasteiger partial charge < -0.3 is 15.3 Å². The van der Waals surface area contributed by atoms with Gasteiger partial charge in [0.2, 0.25) is 11.8 Å². The molecule has 0 saturated heterocycles. The molecular formula is C26H40N2O4S3. The van der Waals surface area contributed by atoms with E-state index in [0.717, 1.165) is 21.3 Å². The van der Waals surface area contributed by atoms with Crippen molar-refractivity contribution in [2.24, 2.45) is 5.92 Å². The zero-order valence-corrected chi connectivity index (χ0v) is 23.6. The summed E-state index contributed by atoms with van der Waals surface area (Å²) in [5.41, 5.74) is 1.05. The molecule has 0 fully saturated rings. The smallest absolute Gasteiger partial charge is 0.303 e. The Labute approximate surface area is 224 Å². The van der Waals surface area contributed by atoms with Gasteiger partial charge in [0, 0.05) is 33.0 Å². The van der Waals surface area contributed by atoms with Crippen LogP contribution in [0.1, 0.15) is 63.9 Å². The fourth-order valence-corrected chi connectivity index (χ4v) is 6.30. The number of carboxylic acids is 1. The normalized spacial score (nSPS) is 12.5. The van der Waals surface area contributed by atoms with E-state index in [0.29, 0.717) is 32.2 Å². The molecular weight excluding hydrogens is 500 g/mol. The number of carboxylic acid groups (broad SMARTS) is 1. The van der Waals surface area contributed by atoms with Gasteiger partial charge in [-0.15, -0.1) is 11.8 Å². The summed E-state index contributed by atoms with van der Waals surface area (Å²) in [6.45, 7) is 2.59. The minimum Gasteiger partial charge on any atom is -0.481 e. The third-order valence-electron chi connectivity index (χ3n) is 5.48. The number of thiocarbonyl (C=S) groups is 1. The molecule has 2 unspecified atom stereocenters. The summed E-state index contributed by atoms with van der Waals surface area (Å²) in [5, 5.41) is 11.3. The highest BCUT2D eigenvalue weighted by Crippen LogP contribution is 2.29. The number of carbonyl (C=O) groups is 3. The van der Waals surface area contributed by atoms with Gasteiger partial charge in [0.05, 0.1) is 5.25 Å². The summed E-state index contributed by atoms with van der Waals surface area (Å²) in [6, 6.07) is 9.84. The topological polar surface area (TPSA) is 86.7 Å². The first-order valence-electron chi connectivity index (χ1n) is 12.3. The zero-order valence-electron chi connectivity index (χ0n) is 21.2. The van der Waals surface area contributed by atoms with Gasteiger partial charge >= 0.3 is 5.97 Å². The average molecular weight is 541 g/mol. The number of hydrogen-bond acceptors (Lipinski definition) is 6. The Morgan fingerprint density at radius 1 is 1.06 bits per heavy atom. The van der Waals surface area contributed by atoms with Gasteiger partial charge in [-0.1, -0.05) is 80.5 Å². The summed E-state index contributed by atoms with van der Waals surface area (Å²) in [7, 11) is 3.48. The zero-order chi connectivity index (χ0) is 26.1. The lowest BCUT2D eigenvalue weighted by Crippen LogP contribution is -2.39. The first-order valence-corrected chi connectivity index (χ1v) is 14.6. The second kappa shape index (κ2) is 18.7. The van der Waals surface area contributed by atoms with Gasteiger partial charge in [-0.05, 0) is 43.4 Å². The van der Waals surface area contributed by atoms with Gasteiger partial charge in [0.1, 0.15) is 3.53 Å². The molecule has 0 aromatic heterocycles. The third-order valence-corrected chi connectivity index (χ3v) is 8.38. The average Bonchev–Trinajstić information content (AvgIpc) is 2.82. The minimum atomic E-state index is -0.836. The maximum atomic E-state index is 13.1. The Balaban J connectivity index is 2.86. The van der Waals surface area contributed by atoms with Crippen LogP contribution < -0.4 is 5.32 Å². The summed E-state index contributed by atoms with van der Waals surface area (Å²) in [6.07, 6.45) is 6.78. The highest BCUT2D eigenvalue weighted by atomic mass is 32.2. The van der Waals surface area contributed by atoms with Crippen molar-refractivity contribution in [1.29, 1.82) is 0 Å². The fraction of sp³-hybridized carbons (Fsp3) is 0.615. The third kappa shape index (κ3) is 14.5. The molecule has 2 N–H and O–H groups in total. The van der Waals surface area contributed by atoms with E-state index in [4.69, 9.17) is 17.3 Å². The van der Waals surface area contributed by atoms with E-state index in [1.54, 1.807) is 30.8 Å². The number of thioether (sulfide) groups is 2. The number of rotatable bonds is 17. The van der Waals surface area contributed by atoms with Crippen LogP contribution in [0.15, 0.2) is 30.3 Å². The second-order valence-corrected chi connectivity index (χ2v) is 12.3. The largest absolute Gasteiger partial charge is 0.481 e. The predicted octanol–water partition coefficient (Wildman–Crippen LogP) is 5.39. The number of benzene rings is 1.